The number of hydrogen-bond donors (Lipinski definition) is 1. The first kappa shape index (κ1) is 15.3. The second-order valence-electron chi connectivity index (χ2n) is 5.60. The number of carbonyl (C=O) groups is 2. The molecule has 6 nitrogen and oxygen atoms in total. The van der Waals surface area contributed by atoms with Crippen molar-refractivity contribution in [2.45, 2.75) is 44.7 Å². The molecule has 6 heteroatoms. The number of aliphatic carboxylic acids is 1. The average Bonchev–Trinajstić information content (AvgIpc) is 2.91. The molecule has 2 atom stereocenters. The quantitative estimate of drug-likeness (QED) is 0.817. The Labute approximate surface area is 119 Å². The van der Waals surface area contributed by atoms with Gasteiger partial charge in [-0.05, 0) is 26.2 Å². The molecule has 2 unspecified atom stereocenters. The first-order valence-electron chi connectivity index (χ1n) is 7.39. The van der Waals surface area contributed by atoms with Crippen molar-refractivity contribution >= 4 is 11.9 Å². The number of carboxylic acids is 1. The molecule has 2 fully saturated rings. The number of carbonyl (C=O) groups excluding carboxylic acids is 1. The molecular formula is C14H24N2O4. The summed E-state index contributed by atoms with van der Waals surface area (Å²) < 4.78 is 5.25. The van der Waals surface area contributed by atoms with Crippen LogP contribution >= 0.6 is 0 Å². The van der Waals surface area contributed by atoms with Gasteiger partial charge in [0.1, 0.15) is 5.54 Å². The first-order chi connectivity index (χ1) is 9.53. The Hall–Kier alpha value is -1.14. The summed E-state index contributed by atoms with van der Waals surface area (Å²) in [5.74, 6) is -0.784. The summed E-state index contributed by atoms with van der Waals surface area (Å²) in [6.07, 6.45) is 1.99. The van der Waals surface area contributed by atoms with Gasteiger partial charge in [0, 0.05) is 19.6 Å². The second kappa shape index (κ2) is 6.10. The third-order valence-corrected chi connectivity index (χ3v) is 4.67. The molecule has 2 rings (SSSR count). The van der Waals surface area contributed by atoms with Crippen molar-refractivity contribution in [2.75, 3.05) is 32.8 Å². The molecule has 0 saturated carbocycles. The molecule has 114 valence electrons. The van der Waals surface area contributed by atoms with Crippen LogP contribution in [0.5, 0.6) is 0 Å². The van der Waals surface area contributed by atoms with Crippen LogP contribution in [0, 0.1) is 0 Å². The zero-order valence-corrected chi connectivity index (χ0v) is 12.3. The summed E-state index contributed by atoms with van der Waals surface area (Å²) in [5, 5.41) is 9.59. The minimum absolute atomic E-state index is 0.0225. The van der Waals surface area contributed by atoms with Gasteiger partial charge in [0.05, 0.1) is 19.3 Å². The van der Waals surface area contributed by atoms with Gasteiger partial charge in [0.15, 0.2) is 0 Å². The number of ether oxygens (including phenoxy) is 1. The Balaban J connectivity index is 2.12. The van der Waals surface area contributed by atoms with Crippen LogP contribution in [0.25, 0.3) is 0 Å². The molecule has 1 N–H and O–H groups in total. The molecule has 0 aromatic rings. The molecule has 0 aromatic carbocycles. The highest BCUT2D eigenvalue weighted by atomic mass is 16.5. The maximum absolute atomic E-state index is 12.5. The summed E-state index contributed by atoms with van der Waals surface area (Å²) in [6.45, 7) is 6.73. The molecule has 2 aliphatic rings. The van der Waals surface area contributed by atoms with Gasteiger partial charge in [0.25, 0.3) is 0 Å². The fraction of sp³-hybridized carbons (Fsp3) is 0.857. The van der Waals surface area contributed by atoms with Crippen LogP contribution in [0.2, 0.25) is 0 Å². The van der Waals surface area contributed by atoms with Crippen LogP contribution in [0.3, 0.4) is 0 Å². The van der Waals surface area contributed by atoms with Crippen molar-refractivity contribution in [3.63, 3.8) is 0 Å². The second-order valence-corrected chi connectivity index (χ2v) is 5.60. The number of hydrogen-bond acceptors (Lipinski definition) is 4. The van der Waals surface area contributed by atoms with E-state index >= 15 is 0 Å². The number of nitrogens with zero attached hydrogens (tertiary/aromatic N) is 2. The molecule has 2 saturated heterocycles. The van der Waals surface area contributed by atoms with Crippen molar-refractivity contribution < 1.29 is 19.4 Å². The van der Waals surface area contributed by atoms with Crippen molar-refractivity contribution in [2.24, 2.45) is 0 Å². The van der Waals surface area contributed by atoms with Gasteiger partial charge < -0.3 is 14.7 Å². The highest BCUT2D eigenvalue weighted by Crippen LogP contribution is 2.34. The fourth-order valence-electron chi connectivity index (χ4n) is 3.41. The van der Waals surface area contributed by atoms with Gasteiger partial charge in [-0.25, -0.2) is 0 Å². The van der Waals surface area contributed by atoms with Gasteiger partial charge in [-0.3, -0.25) is 14.5 Å². The normalized spacial score (nSPS) is 29.4. The molecule has 20 heavy (non-hydrogen) atoms. The van der Waals surface area contributed by atoms with E-state index in [0.29, 0.717) is 45.7 Å². The van der Waals surface area contributed by atoms with Crippen LogP contribution in [-0.2, 0) is 14.3 Å². The lowest BCUT2D eigenvalue weighted by Crippen LogP contribution is -2.58. The maximum Gasteiger partial charge on any atom is 0.324 e. The van der Waals surface area contributed by atoms with Gasteiger partial charge in [-0.2, -0.15) is 0 Å². The van der Waals surface area contributed by atoms with E-state index in [2.05, 4.69) is 0 Å². The largest absolute Gasteiger partial charge is 0.480 e. The number of amides is 1. The van der Waals surface area contributed by atoms with Crippen LogP contribution in [0.4, 0.5) is 0 Å². The van der Waals surface area contributed by atoms with E-state index in [1.54, 1.807) is 4.90 Å². The lowest BCUT2D eigenvalue weighted by molar-refractivity contribution is -0.155. The standard InChI is InChI=1S/C14H24N2O4/c1-3-14(13(18)19)5-4-6-16(14)11(2)12(17)15-7-9-20-10-8-15/h11H,3-10H2,1-2H3,(H,18,19). The highest BCUT2D eigenvalue weighted by molar-refractivity contribution is 5.84. The zero-order valence-electron chi connectivity index (χ0n) is 12.3. The zero-order chi connectivity index (χ0) is 14.8. The fourth-order valence-corrected chi connectivity index (χ4v) is 3.41. The molecule has 1 amide bonds. The number of rotatable bonds is 4. The number of carboxylic acid groups (broad SMARTS) is 1. The molecule has 0 spiro atoms. The predicted molar refractivity (Wildman–Crippen MR) is 73.5 cm³/mol. The van der Waals surface area contributed by atoms with Crippen LogP contribution < -0.4 is 0 Å². The van der Waals surface area contributed by atoms with Gasteiger partial charge >= 0.3 is 5.97 Å². The Morgan fingerprint density at radius 2 is 1.95 bits per heavy atom. The van der Waals surface area contributed by atoms with Crippen molar-refractivity contribution in [1.29, 1.82) is 0 Å². The Bertz CT molecular complexity index is 381. The Morgan fingerprint density at radius 3 is 2.50 bits per heavy atom. The molecule has 0 aromatic heterocycles. The molecule has 0 bridgehead atoms. The lowest BCUT2D eigenvalue weighted by atomic mass is 9.92. The minimum Gasteiger partial charge on any atom is -0.480 e. The molecule has 2 heterocycles. The SMILES string of the molecule is CCC1(C(=O)O)CCCN1C(C)C(=O)N1CCOCC1. The molecule has 0 radical (unpaired) electrons. The topological polar surface area (TPSA) is 70.1 Å². The van der Waals surface area contributed by atoms with Gasteiger partial charge in [-0.1, -0.05) is 6.92 Å². The van der Waals surface area contributed by atoms with Gasteiger partial charge in [-0.15, -0.1) is 0 Å². The number of morpholine rings is 1. The molecule has 2 aliphatic heterocycles. The van der Waals surface area contributed by atoms with E-state index in [1.807, 2.05) is 18.7 Å². The average molecular weight is 284 g/mol. The maximum atomic E-state index is 12.5. The third kappa shape index (κ3) is 2.54. The summed E-state index contributed by atoms with van der Waals surface area (Å²) in [6, 6.07) is -0.383. The van der Waals surface area contributed by atoms with E-state index in [4.69, 9.17) is 4.74 Å². The van der Waals surface area contributed by atoms with Crippen LogP contribution in [-0.4, -0.2) is 71.2 Å². The van der Waals surface area contributed by atoms with E-state index in [9.17, 15) is 14.7 Å². The van der Waals surface area contributed by atoms with Crippen LogP contribution in [0.15, 0.2) is 0 Å². The summed E-state index contributed by atoms with van der Waals surface area (Å²) in [5.41, 5.74) is -0.874. The van der Waals surface area contributed by atoms with Crippen molar-refractivity contribution in [3.05, 3.63) is 0 Å². The minimum atomic E-state index is -0.874. The summed E-state index contributed by atoms with van der Waals surface area (Å²) in [4.78, 5) is 27.9. The Kier molecular flexibility index (Phi) is 4.65. The first-order valence-corrected chi connectivity index (χ1v) is 7.39. The number of likely N-dealkylation sites (tertiary alicyclic amines) is 1. The van der Waals surface area contributed by atoms with Crippen LogP contribution in [0.1, 0.15) is 33.1 Å². The predicted octanol–water partition coefficient (Wildman–Crippen LogP) is 0.563. The summed E-state index contributed by atoms with van der Waals surface area (Å²) in [7, 11) is 0. The highest BCUT2D eigenvalue weighted by Gasteiger charge is 2.49. The smallest absolute Gasteiger partial charge is 0.324 e. The summed E-state index contributed by atoms with van der Waals surface area (Å²) >= 11 is 0. The van der Waals surface area contributed by atoms with Crippen molar-refractivity contribution in [3.8, 4) is 0 Å². The van der Waals surface area contributed by atoms with E-state index in [0.717, 1.165) is 6.42 Å². The van der Waals surface area contributed by atoms with E-state index < -0.39 is 11.5 Å². The third-order valence-electron chi connectivity index (χ3n) is 4.67. The monoisotopic (exact) mass is 284 g/mol. The Morgan fingerprint density at radius 1 is 1.30 bits per heavy atom. The van der Waals surface area contributed by atoms with E-state index in [-0.39, 0.29) is 11.9 Å². The molecular weight excluding hydrogens is 260 g/mol. The van der Waals surface area contributed by atoms with Gasteiger partial charge in [0.2, 0.25) is 5.91 Å². The lowest BCUT2D eigenvalue weighted by Gasteiger charge is -2.40. The van der Waals surface area contributed by atoms with Crippen molar-refractivity contribution in [1.82, 2.24) is 9.80 Å². The molecule has 0 aliphatic carbocycles. The van der Waals surface area contributed by atoms with E-state index in [1.165, 1.54) is 0 Å².